The summed E-state index contributed by atoms with van der Waals surface area (Å²) in [5.74, 6) is 0.137. The average molecular weight is 153 g/mol. The average Bonchev–Trinajstić information content (AvgIpc) is 1.97. The third-order valence-corrected chi connectivity index (χ3v) is 1.58. The standard InChI is InChI=1S/C5H8BN3O2/c1-9-4(10)2(6)3(7)8-5(9)11/h6-7H2,1H3,(H,8,11). The fraction of sp³-hybridized carbons (Fsp3) is 0.200. The van der Waals surface area contributed by atoms with Crippen LogP contribution in [-0.2, 0) is 7.05 Å². The molecule has 0 aliphatic carbocycles. The lowest BCUT2D eigenvalue weighted by molar-refractivity contribution is 0.787. The Balaban J connectivity index is 3.74. The maximum absolute atomic E-state index is 11.1. The summed E-state index contributed by atoms with van der Waals surface area (Å²) < 4.78 is 0.978. The highest BCUT2D eigenvalue weighted by molar-refractivity contribution is 6.34. The van der Waals surface area contributed by atoms with E-state index in [1.165, 1.54) is 7.05 Å². The van der Waals surface area contributed by atoms with Crippen molar-refractivity contribution < 1.29 is 0 Å². The topological polar surface area (TPSA) is 80.9 Å². The molecule has 1 rings (SSSR count). The Morgan fingerprint density at radius 2 is 2.09 bits per heavy atom. The van der Waals surface area contributed by atoms with Crippen molar-refractivity contribution in [2.24, 2.45) is 7.05 Å². The number of H-pyrrole nitrogens is 1. The smallest absolute Gasteiger partial charge is 0.329 e. The number of nitrogens with one attached hydrogen (secondary N) is 1. The summed E-state index contributed by atoms with van der Waals surface area (Å²) in [6.45, 7) is 0. The SMILES string of the molecule is Bc1c(N)[nH]c(=O)n(C)c1=O. The van der Waals surface area contributed by atoms with Crippen molar-refractivity contribution in [2.75, 3.05) is 5.73 Å². The Morgan fingerprint density at radius 1 is 1.55 bits per heavy atom. The number of nitrogens with two attached hydrogens (primary N) is 1. The van der Waals surface area contributed by atoms with Crippen LogP contribution >= 0.6 is 0 Å². The predicted octanol–water partition coefficient (Wildman–Crippen LogP) is -3.09. The quantitative estimate of drug-likeness (QED) is 0.387. The lowest BCUT2D eigenvalue weighted by atomic mass is 9.99. The number of rotatable bonds is 0. The van der Waals surface area contributed by atoms with Crippen LogP contribution < -0.4 is 22.4 Å². The first-order valence-electron chi connectivity index (χ1n) is 3.09. The Kier molecular flexibility index (Phi) is 1.60. The van der Waals surface area contributed by atoms with Gasteiger partial charge in [-0.05, 0) is 0 Å². The van der Waals surface area contributed by atoms with Crippen molar-refractivity contribution in [1.29, 1.82) is 0 Å². The molecule has 0 aliphatic heterocycles. The second kappa shape index (κ2) is 2.30. The molecule has 0 saturated carbocycles. The Morgan fingerprint density at radius 3 is 2.64 bits per heavy atom. The van der Waals surface area contributed by atoms with Gasteiger partial charge >= 0.3 is 5.69 Å². The zero-order valence-electron chi connectivity index (χ0n) is 6.34. The van der Waals surface area contributed by atoms with E-state index in [1.54, 1.807) is 7.85 Å². The van der Waals surface area contributed by atoms with Crippen LogP contribution in [0.15, 0.2) is 9.59 Å². The number of nitrogen functional groups attached to an aromatic ring is 1. The number of aromatic nitrogens is 2. The number of hydrogen-bond acceptors (Lipinski definition) is 3. The molecule has 58 valence electrons. The summed E-state index contributed by atoms with van der Waals surface area (Å²) in [7, 11) is 2.96. The lowest BCUT2D eigenvalue weighted by Gasteiger charge is -2.00. The summed E-state index contributed by atoms with van der Waals surface area (Å²) in [6, 6.07) is 0. The maximum Gasteiger partial charge on any atom is 0.329 e. The molecular weight excluding hydrogens is 145 g/mol. The Hall–Kier alpha value is -1.46. The minimum Gasteiger partial charge on any atom is -0.385 e. The van der Waals surface area contributed by atoms with E-state index in [9.17, 15) is 9.59 Å². The van der Waals surface area contributed by atoms with Gasteiger partial charge in [0.25, 0.3) is 5.56 Å². The van der Waals surface area contributed by atoms with Crippen molar-refractivity contribution in [1.82, 2.24) is 9.55 Å². The highest BCUT2D eigenvalue weighted by Crippen LogP contribution is 1.75. The highest BCUT2D eigenvalue weighted by Gasteiger charge is 2.02. The molecule has 0 aromatic carbocycles. The van der Waals surface area contributed by atoms with E-state index < -0.39 is 5.69 Å². The molecule has 0 spiro atoms. The molecular formula is C5H8BN3O2. The van der Waals surface area contributed by atoms with Gasteiger partial charge < -0.3 is 5.73 Å². The van der Waals surface area contributed by atoms with Gasteiger partial charge in [-0.2, -0.15) is 0 Å². The fourth-order valence-electron chi connectivity index (χ4n) is 0.752. The van der Waals surface area contributed by atoms with Crippen LogP contribution in [0.1, 0.15) is 0 Å². The molecule has 0 bridgehead atoms. The van der Waals surface area contributed by atoms with Crippen LogP contribution in [0.4, 0.5) is 5.82 Å². The molecule has 3 N–H and O–H groups in total. The summed E-state index contributed by atoms with van der Waals surface area (Å²) in [4.78, 5) is 24.2. The van der Waals surface area contributed by atoms with E-state index >= 15 is 0 Å². The highest BCUT2D eigenvalue weighted by atomic mass is 16.2. The van der Waals surface area contributed by atoms with Crippen LogP contribution in [0, 0.1) is 0 Å². The van der Waals surface area contributed by atoms with E-state index in [0.717, 1.165) is 4.57 Å². The van der Waals surface area contributed by atoms with E-state index in [1.807, 2.05) is 0 Å². The molecule has 11 heavy (non-hydrogen) atoms. The summed E-state index contributed by atoms with van der Waals surface area (Å²) in [5, 5.41) is 0. The number of hydrogen-bond donors (Lipinski definition) is 2. The minimum atomic E-state index is -0.488. The summed E-state index contributed by atoms with van der Waals surface area (Å²) in [6.07, 6.45) is 0. The molecule has 5 nitrogen and oxygen atoms in total. The van der Waals surface area contributed by atoms with E-state index in [4.69, 9.17) is 5.73 Å². The number of nitrogens with zero attached hydrogens (tertiary/aromatic N) is 1. The normalized spacial score (nSPS) is 9.91. The lowest BCUT2D eigenvalue weighted by Crippen LogP contribution is -2.44. The van der Waals surface area contributed by atoms with Crippen LogP contribution in [0.2, 0.25) is 0 Å². The number of aromatic amines is 1. The molecule has 6 heteroatoms. The van der Waals surface area contributed by atoms with Gasteiger partial charge in [0.2, 0.25) is 0 Å². The molecule has 1 aromatic rings. The predicted molar refractivity (Wildman–Crippen MR) is 44.9 cm³/mol. The molecule has 0 saturated heterocycles. The molecule has 0 fully saturated rings. The van der Waals surface area contributed by atoms with Crippen molar-refractivity contribution in [3.05, 3.63) is 20.8 Å². The summed E-state index contributed by atoms with van der Waals surface area (Å²) >= 11 is 0. The molecule has 1 aromatic heterocycles. The molecule has 0 amide bonds. The monoisotopic (exact) mass is 153 g/mol. The van der Waals surface area contributed by atoms with Crippen molar-refractivity contribution in [3.8, 4) is 0 Å². The molecule has 0 aliphatic rings. The van der Waals surface area contributed by atoms with Crippen molar-refractivity contribution in [3.63, 3.8) is 0 Å². The van der Waals surface area contributed by atoms with Crippen LogP contribution in [0.5, 0.6) is 0 Å². The fourth-order valence-corrected chi connectivity index (χ4v) is 0.752. The van der Waals surface area contributed by atoms with Gasteiger partial charge in [0, 0.05) is 12.5 Å². The van der Waals surface area contributed by atoms with Gasteiger partial charge in [0.1, 0.15) is 5.82 Å². The zero-order chi connectivity index (χ0) is 8.59. The van der Waals surface area contributed by atoms with Gasteiger partial charge in [-0.15, -0.1) is 0 Å². The molecule has 1 heterocycles. The van der Waals surface area contributed by atoms with Gasteiger partial charge in [-0.1, -0.05) is 0 Å². The molecule has 0 radical (unpaired) electrons. The van der Waals surface area contributed by atoms with Crippen molar-refractivity contribution in [2.45, 2.75) is 0 Å². The minimum absolute atomic E-state index is 0.137. The van der Waals surface area contributed by atoms with E-state index in [0.29, 0.717) is 5.46 Å². The third-order valence-electron chi connectivity index (χ3n) is 1.58. The van der Waals surface area contributed by atoms with Crippen molar-refractivity contribution >= 4 is 19.1 Å². The number of anilines is 1. The van der Waals surface area contributed by atoms with Gasteiger partial charge in [-0.3, -0.25) is 14.3 Å². The first kappa shape index (κ1) is 7.65. The largest absolute Gasteiger partial charge is 0.385 e. The molecule has 0 atom stereocenters. The second-order valence-electron chi connectivity index (χ2n) is 2.33. The first-order valence-corrected chi connectivity index (χ1v) is 3.09. The van der Waals surface area contributed by atoms with E-state index in [-0.39, 0.29) is 11.4 Å². The maximum atomic E-state index is 11.1. The summed E-state index contributed by atoms with van der Waals surface area (Å²) in [5.41, 5.74) is 4.85. The van der Waals surface area contributed by atoms with Crippen LogP contribution in [0.3, 0.4) is 0 Å². The third kappa shape index (κ3) is 1.06. The van der Waals surface area contributed by atoms with Crippen LogP contribution in [0.25, 0.3) is 0 Å². The van der Waals surface area contributed by atoms with Gasteiger partial charge in [-0.25, -0.2) is 4.79 Å². The van der Waals surface area contributed by atoms with Gasteiger partial charge in [0.15, 0.2) is 7.85 Å². The van der Waals surface area contributed by atoms with E-state index in [2.05, 4.69) is 4.98 Å². The zero-order valence-corrected chi connectivity index (χ0v) is 6.34. The first-order chi connectivity index (χ1) is 5.04. The molecule has 0 unspecified atom stereocenters. The second-order valence-corrected chi connectivity index (χ2v) is 2.33. The Bertz CT molecular complexity index is 392. The van der Waals surface area contributed by atoms with Crippen LogP contribution in [-0.4, -0.2) is 17.4 Å². The van der Waals surface area contributed by atoms with Gasteiger partial charge in [0.05, 0.1) is 0 Å². The Labute approximate surface area is 63.3 Å².